The number of ether oxygens (including phenoxy) is 1. The Morgan fingerprint density at radius 3 is 2.43 bits per heavy atom. The number of β-amino-alcohol motifs (C(OH)–C–C–N with tert-alkyl or cyclic N) is 1. The lowest BCUT2D eigenvalue weighted by Crippen LogP contribution is -2.51. The van der Waals surface area contributed by atoms with Crippen LogP contribution in [0.25, 0.3) is 0 Å². The SMILES string of the molecule is CCOc1nc(Cl)nc(N2CCN(CC(C)(C)O)CC2)n1. The van der Waals surface area contributed by atoms with E-state index in [0.29, 0.717) is 19.1 Å². The molecule has 1 saturated heterocycles. The van der Waals surface area contributed by atoms with Crippen molar-refractivity contribution in [2.24, 2.45) is 0 Å². The molecule has 2 heterocycles. The van der Waals surface area contributed by atoms with E-state index in [-0.39, 0.29) is 11.3 Å². The molecule has 0 spiro atoms. The average Bonchev–Trinajstić information content (AvgIpc) is 2.37. The highest BCUT2D eigenvalue weighted by molar-refractivity contribution is 6.28. The number of hydrogen-bond acceptors (Lipinski definition) is 7. The molecule has 1 fully saturated rings. The van der Waals surface area contributed by atoms with Crippen molar-refractivity contribution in [3.63, 3.8) is 0 Å². The Kier molecular flexibility index (Phi) is 5.18. The summed E-state index contributed by atoms with van der Waals surface area (Å²) < 4.78 is 5.29. The van der Waals surface area contributed by atoms with Crippen molar-refractivity contribution in [1.82, 2.24) is 19.9 Å². The Balaban J connectivity index is 1.98. The third-order valence-corrected chi connectivity index (χ3v) is 3.28. The lowest BCUT2D eigenvalue weighted by Gasteiger charge is -2.37. The second-order valence-corrected chi connectivity index (χ2v) is 6.03. The summed E-state index contributed by atoms with van der Waals surface area (Å²) in [6.07, 6.45) is 0. The van der Waals surface area contributed by atoms with Gasteiger partial charge in [0.05, 0.1) is 12.2 Å². The van der Waals surface area contributed by atoms with Crippen LogP contribution < -0.4 is 9.64 Å². The summed E-state index contributed by atoms with van der Waals surface area (Å²) in [6, 6.07) is 0.256. The summed E-state index contributed by atoms with van der Waals surface area (Å²) >= 11 is 5.91. The molecule has 0 bridgehead atoms. The van der Waals surface area contributed by atoms with Crippen molar-refractivity contribution in [2.45, 2.75) is 26.4 Å². The van der Waals surface area contributed by atoms with Gasteiger partial charge in [-0.05, 0) is 32.4 Å². The number of aliphatic hydroxyl groups is 1. The predicted octanol–water partition coefficient (Wildman–Crippen LogP) is 0.817. The zero-order valence-electron chi connectivity index (χ0n) is 12.7. The van der Waals surface area contributed by atoms with Gasteiger partial charge in [0.25, 0.3) is 0 Å². The second kappa shape index (κ2) is 6.72. The van der Waals surface area contributed by atoms with Crippen molar-refractivity contribution in [2.75, 3.05) is 44.2 Å². The van der Waals surface area contributed by atoms with Crippen molar-refractivity contribution in [1.29, 1.82) is 0 Å². The maximum Gasteiger partial charge on any atom is 0.322 e. The van der Waals surface area contributed by atoms with Crippen LogP contribution in [0.2, 0.25) is 5.28 Å². The fourth-order valence-electron chi connectivity index (χ4n) is 2.31. The van der Waals surface area contributed by atoms with E-state index in [1.165, 1.54) is 0 Å². The van der Waals surface area contributed by atoms with Gasteiger partial charge in [0.15, 0.2) is 0 Å². The van der Waals surface area contributed by atoms with E-state index in [4.69, 9.17) is 16.3 Å². The lowest BCUT2D eigenvalue weighted by molar-refractivity contribution is 0.0344. The third-order valence-electron chi connectivity index (χ3n) is 3.11. The Labute approximate surface area is 129 Å². The van der Waals surface area contributed by atoms with Crippen LogP contribution in [-0.4, -0.2) is 69.9 Å². The minimum atomic E-state index is -0.680. The van der Waals surface area contributed by atoms with E-state index in [1.54, 1.807) is 0 Å². The van der Waals surface area contributed by atoms with Gasteiger partial charge in [-0.25, -0.2) is 0 Å². The van der Waals surface area contributed by atoms with Crippen molar-refractivity contribution >= 4 is 17.5 Å². The molecule has 118 valence electrons. The van der Waals surface area contributed by atoms with Crippen molar-refractivity contribution < 1.29 is 9.84 Å². The highest BCUT2D eigenvalue weighted by Crippen LogP contribution is 2.17. The van der Waals surface area contributed by atoms with Gasteiger partial charge < -0.3 is 14.7 Å². The van der Waals surface area contributed by atoms with Crippen LogP contribution >= 0.6 is 11.6 Å². The maximum atomic E-state index is 9.86. The number of anilines is 1. The second-order valence-electron chi connectivity index (χ2n) is 5.70. The van der Waals surface area contributed by atoms with Gasteiger partial charge in [-0.1, -0.05) is 0 Å². The van der Waals surface area contributed by atoms with E-state index in [1.807, 2.05) is 20.8 Å². The van der Waals surface area contributed by atoms with Crippen LogP contribution in [0.15, 0.2) is 0 Å². The van der Waals surface area contributed by atoms with Crippen LogP contribution in [-0.2, 0) is 0 Å². The number of aromatic nitrogens is 3. The fourth-order valence-corrected chi connectivity index (χ4v) is 2.46. The highest BCUT2D eigenvalue weighted by atomic mass is 35.5. The van der Waals surface area contributed by atoms with Gasteiger partial charge in [0, 0.05) is 32.7 Å². The number of halogens is 1. The fraction of sp³-hybridized carbons (Fsp3) is 0.769. The lowest BCUT2D eigenvalue weighted by atomic mass is 10.1. The van der Waals surface area contributed by atoms with Crippen LogP contribution in [0.3, 0.4) is 0 Å². The minimum Gasteiger partial charge on any atom is -0.464 e. The molecular weight excluding hydrogens is 294 g/mol. The standard InChI is InChI=1S/C13H22ClN5O2/c1-4-21-12-16-10(14)15-11(17-12)19-7-5-18(6-8-19)9-13(2,3)20/h20H,4-9H2,1-3H3. The molecule has 0 saturated carbocycles. The molecule has 0 atom stereocenters. The summed E-state index contributed by atoms with van der Waals surface area (Å²) in [6.45, 7) is 9.90. The Hall–Kier alpha value is -1.18. The summed E-state index contributed by atoms with van der Waals surface area (Å²) in [4.78, 5) is 16.6. The molecule has 1 aliphatic rings. The number of piperazine rings is 1. The van der Waals surface area contributed by atoms with Crippen LogP contribution in [0, 0.1) is 0 Å². The Morgan fingerprint density at radius 2 is 1.86 bits per heavy atom. The van der Waals surface area contributed by atoms with E-state index in [2.05, 4.69) is 24.8 Å². The molecule has 1 aliphatic heterocycles. The first-order chi connectivity index (χ1) is 9.87. The van der Waals surface area contributed by atoms with E-state index in [0.717, 1.165) is 26.2 Å². The van der Waals surface area contributed by atoms with Crippen LogP contribution in [0.1, 0.15) is 20.8 Å². The zero-order chi connectivity index (χ0) is 15.5. The van der Waals surface area contributed by atoms with Gasteiger partial charge >= 0.3 is 6.01 Å². The maximum absolute atomic E-state index is 9.86. The summed E-state index contributed by atoms with van der Waals surface area (Å²) in [5, 5.41) is 10.0. The minimum absolute atomic E-state index is 0.141. The summed E-state index contributed by atoms with van der Waals surface area (Å²) in [5.74, 6) is 0.543. The van der Waals surface area contributed by atoms with Crippen LogP contribution in [0.4, 0.5) is 5.95 Å². The largest absolute Gasteiger partial charge is 0.464 e. The molecule has 7 nitrogen and oxygen atoms in total. The monoisotopic (exact) mass is 315 g/mol. The molecule has 0 aliphatic carbocycles. The quantitative estimate of drug-likeness (QED) is 0.862. The molecule has 0 unspecified atom stereocenters. The Morgan fingerprint density at radius 1 is 1.19 bits per heavy atom. The first-order valence-corrected chi connectivity index (χ1v) is 7.49. The van der Waals surface area contributed by atoms with E-state index >= 15 is 0 Å². The van der Waals surface area contributed by atoms with E-state index in [9.17, 15) is 5.11 Å². The summed E-state index contributed by atoms with van der Waals surface area (Å²) in [7, 11) is 0. The first kappa shape index (κ1) is 16.2. The molecule has 2 rings (SSSR count). The number of nitrogens with zero attached hydrogens (tertiary/aromatic N) is 5. The van der Waals surface area contributed by atoms with Crippen molar-refractivity contribution in [3.8, 4) is 6.01 Å². The van der Waals surface area contributed by atoms with Gasteiger partial charge in [0.2, 0.25) is 11.2 Å². The zero-order valence-corrected chi connectivity index (χ0v) is 13.5. The predicted molar refractivity (Wildman–Crippen MR) is 81.0 cm³/mol. The van der Waals surface area contributed by atoms with E-state index < -0.39 is 5.60 Å². The molecule has 1 aromatic heterocycles. The highest BCUT2D eigenvalue weighted by Gasteiger charge is 2.24. The molecule has 0 aromatic carbocycles. The average molecular weight is 316 g/mol. The Bertz CT molecular complexity index is 472. The first-order valence-electron chi connectivity index (χ1n) is 7.11. The molecule has 21 heavy (non-hydrogen) atoms. The molecule has 0 amide bonds. The number of hydrogen-bond donors (Lipinski definition) is 1. The number of rotatable bonds is 5. The van der Waals surface area contributed by atoms with Crippen LogP contribution in [0.5, 0.6) is 6.01 Å². The molecule has 8 heteroatoms. The smallest absolute Gasteiger partial charge is 0.322 e. The van der Waals surface area contributed by atoms with Crippen molar-refractivity contribution in [3.05, 3.63) is 5.28 Å². The van der Waals surface area contributed by atoms with Gasteiger partial charge in [-0.2, -0.15) is 15.0 Å². The third kappa shape index (κ3) is 4.94. The van der Waals surface area contributed by atoms with Gasteiger partial charge in [0.1, 0.15) is 0 Å². The molecule has 1 aromatic rings. The molecular formula is C13H22ClN5O2. The topological polar surface area (TPSA) is 74.6 Å². The van der Waals surface area contributed by atoms with Gasteiger partial charge in [-0.15, -0.1) is 0 Å². The summed E-state index contributed by atoms with van der Waals surface area (Å²) in [5.41, 5.74) is -0.680. The molecule has 1 N–H and O–H groups in total. The normalized spacial score (nSPS) is 17.1. The van der Waals surface area contributed by atoms with Gasteiger partial charge in [-0.3, -0.25) is 4.90 Å². The molecule has 0 radical (unpaired) electrons.